The number of aliphatic hydroxyl groups is 1. The quantitative estimate of drug-likeness (QED) is 0.732. The number of aromatic nitrogens is 4. The minimum absolute atomic E-state index is 0.454. The normalized spacial score (nSPS) is 13.9. The average molecular weight is 311 g/mol. The van der Waals surface area contributed by atoms with Gasteiger partial charge in [-0.1, -0.05) is 37.3 Å². The third-order valence-corrected chi connectivity index (χ3v) is 3.98. The van der Waals surface area contributed by atoms with Gasteiger partial charge in [0.05, 0.1) is 18.5 Å². The van der Waals surface area contributed by atoms with Gasteiger partial charge in [0.15, 0.2) is 11.5 Å². The van der Waals surface area contributed by atoms with Crippen LogP contribution in [0, 0.1) is 0 Å². The van der Waals surface area contributed by atoms with Crippen molar-refractivity contribution < 1.29 is 5.11 Å². The molecule has 2 heterocycles. The average Bonchev–Trinajstić information content (AvgIpc) is 2.97. The first kappa shape index (κ1) is 15.4. The second kappa shape index (κ2) is 6.34. The fourth-order valence-corrected chi connectivity index (χ4v) is 2.39. The summed E-state index contributed by atoms with van der Waals surface area (Å²) in [7, 11) is 0. The lowest BCUT2D eigenvalue weighted by Crippen LogP contribution is -2.29. The second-order valence-corrected chi connectivity index (χ2v) is 5.96. The van der Waals surface area contributed by atoms with Crippen LogP contribution in [0.25, 0.3) is 11.2 Å². The molecule has 1 aromatic carbocycles. The third-order valence-electron chi connectivity index (χ3n) is 3.98. The molecule has 23 heavy (non-hydrogen) atoms. The first-order valence-electron chi connectivity index (χ1n) is 7.75. The third kappa shape index (κ3) is 3.48. The number of nitrogens with one attached hydrogen (secondary N) is 1. The SMILES string of the molecule is CC[C@](C)(O)Cn1cnc2c(NCc3ccccc3)ncnc21. The van der Waals surface area contributed by atoms with E-state index in [1.54, 1.807) is 6.33 Å². The second-order valence-electron chi connectivity index (χ2n) is 5.96. The van der Waals surface area contributed by atoms with Gasteiger partial charge in [-0.15, -0.1) is 0 Å². The number of hydrogen-bond acceptors (Lipinski definition) is 5. The van der Waals surface area contributed by atoms with Gasteiger partial charge in [0, 0.05) is 6.54 Å². The van der Waals surface area contributed by atoms with E-state index in [1.165, 1.54) is 11.9 Å². The number of benzene rings is 1. The Morgan fingerprint density at radius 3 is 2.70 bits per heavy atom. The molecular weight excluding hydrogens is 290 g/mol. The Balaban J connectivity index is 1.84. The van der Waals surface area contributed by atoms with Crippen LogP contribution in [0.1, 0.15) is 25.8 Å². The van der Waals surface area contributed by atoms with E-state index in [2.05, 4.69) is 32.4 Å². The van der Waals surface area contributed by atoms with E-state index >= 15 is 0 Å². The molecule has 0 bridgehead atoms. The number of anilines is 1. The maximum Gasteiger partial charge on any atom is 0.165 e. The lowest BCUT2D eigenvalue weighted by Gasteiger charge is -2.21. The predicted octanol–water partition coefficient (Wildman–Crippen LogP) is 2.60. The molecular formula is C17H21N5O. The number of imidazole rings is 1. The molecule has 0 radical (unpaired) electrons. The minimum Gasteiger partial charge on any atom is -0.388 e. The largest absolute Gasteiger partial charge is 0.388 e. The molecule has 3 aromatic rings. The first-order valence-corrected chi connectivity index (χ1v) is 7.75. The van der Waals surface area contributed by atoms with Crippen LogP contribution in [0.4, 0.5) is 5.82 Å². The van der Waals surface area contributed by atoms with E-state index in [0.717, 1.165) is 11.2 Å². The van der Waals surface area contributed by atoms with Crippen molar-refractivity contribution in [3.8, 4) is 0 Å². The van der Waals surface area contributed by atoms with E-state index in [0.29, 0.717) is 25.3 Å². The lowest BCUT2D eigenvalue weighted by molar-refractivity contribution is 0.0389. The van der Waals surface area contributed by atoms with Gasteiger partial charge in [-0.2, -0.15) is 0 Å². The van der Waals surface area contributed by atoms with Gasteiger partial charge in [-0.25, -0.2) is 15.0 Å². The van der Waals surface area contributed by atoms with Crippen LogP contribution < -0.4 is 5.32 Å². The molecule has 0 fully saturated rings. The van der Waals surface area contributed by atoms with Crippen LogP contribution in [0.15, 0.2) is 43.0 Å². The highest BCUT2D eigenvalue weighted by atomic mass is 16.3. The summed E-state index contributed by atoms with van der Waals surface area (Å²) >= 11 is 0. The molecule has 0 saturated carbocycles. The molecule has 0 saturated heterocycles. The molecule has 6 nitrogen and oxygen atoms in total. The zero-order valence-electron chi connectivity index (χ0n) is 13.4. The van der Waals surface area contributed by atoms with Crippen molar-refractivity contribution in [3.63, 3.8) is 0 Å². The van der Waals surface area contributed by atoms with Crippen LogP contribution >= 0.6 is 0 Å². The summed E-state index contributed by atoms with van der Waals surface area (Å²) < 4.78 is 1.87. The van der Waals surface area contributed by atoms with Gasteiger partial charge in [-0.3, -0.25) is 0 Å². The Labute approximate surface area is 135 Å². The van der Waals surface area contributed by atoms with Crippen LogP contribution in [-0.2, 0) is 13.1 Å². The summed E-state index contributed by atoms with van der Waals surface area (Å²) in [6.07, 6.45) is 3.89. The van der Waals surface area contributed by atoms with Gasteiger partial charge in [-0.05, 0) is 18.9 Å². The maximum absolute atomic E-state index is 10.3. The van der Waals surface area contributed by atoms with E-state index in [9.17, 15) is 5.11 Å². The molecule has 0 spiro atoms. The van der Waals surface area contributed by atoms with E-state index in [1.807, 2.05) is 36.6 Å². The summed E-state index contributed by atoms with van der Waals surface area (Å²) in [5.41, 5.74) is 1.84. The monoisotopic (exact) mass is 311 g/mol. The number of nitrogens with zero attached hydrogens (tertiary/aromatic N) is 4. The van der Waals surface area contributed by atoms with Gasteiger partial charge in [0.25, 0.3) is 0 Å². The fraction of sp³-hybridized carbons (Fsp3) is 0.353. The fourth-order valence-electron chi connectivity index (χ4n) is 2.39. The molecule has 2 aromatic heterocycles. The number of fused-ring (bicyclic) bond motifs is 1. The van der Waals surface area contributed by atoms with Gasteiger partial charge < -0.3 is 15.0 Å². The topological polar surface area (TPSA) is 75.9 Å². The van der Waals surface area contributed by atoms with Gasteiger partial charge in [0.2, 0.25) is 0 Å². The Bertz CT molecular complexity index is 782. The molecule has 6 heteroatoms. The standard InChI is InChI=1S/C17H21N5O/c1-3-17(2,23)10-22-12-21-14-15(19-11-20-16(14)22)18-9-13-7-5-4-6-8-13/h4-8,11-12,23H,3,9-10H2,1-2H3,(H,18,19,20)/t17-/m0/s1. The Hall–Kier alpha value is -2.47. The Kier molecular flexibility index (Phi) is 4.25. The summed E-state index contributed by atoms with van der Waals surface area (Å²) in [4.78, 5) is 13.0. The summed E-state index contributed by atoms with van der Waals surface area (Å²) in [6.45, 7) is 4.90. The summed E-state index contributed by atoms with van der Waals surface area (Å²) in [5, 5.41) is 13.6. The predicted molar refractivity (Wildman–Crippen MR) is 90.0 cm³/mol. The molecule has 0 aliphatic heterocycles. The highest BCUT2D eigenvalue weighted by molar-refractivity contribution is 5.82. The van der Waals surface area contributed by atoms with E-state index in [4.69, 9.17) is 0 Å². The van der Waals surface area contributed by atoms with Crippen LogP contribution in [-0.4, -0.2) is 30.2 Å². The highest BCUT2D eigenvalue weighted by Gasteiger charge is 2.20. The lowest BCUT2D eigenvalue weighted by atomic mass is 10.0. The molecule has 0 aliphatic carbocycles. The van der Waals surface area contributed by atoms with Gasteiger partial charge >= 0.3 is 0 Å². The van der Waals surface area contributed by atoms with Crippen molar-refractivity contribution in [1.29, 1.82) is 0 Å². The zero-order chi connectivity index (χ0) is 16.3. The molecule has 0 amide bonds. The Morgan fingerprint density at radius 2 is 1.96 bits per heavy atom. The van der Waals surface area contributed by atoms with Crippen molar-refractivity contribution in [2.45, 2.75) is 39.0 Å². The van der Waals surface area contributed by atoms with Crippen LogP contribution in [0.5, 0.6) is 0 Å². The maximum atomic E-state index is 10.3. The van der Waals surface area contributed by atoms with Crippen LogP contribution in [0.3, 0.4) is 0 Å². The summed E-state index contributed by atoms with van der Waals surface area (Å²) in [5.74, 6) is 0.703. The Morgan fingerprint density at radius 1 is 1.17 bits per heavy atom. The molecule has 120 valence electrons. The number of hydrogen-bond donors (Lipinski definition) is 2. The minimum atomic E-state index is -0.782. The highest BCUT2D eigenvalue weighted by Crippen LogP contribution is 2.21. The molecule has 0 unspecified atom stereocenters. The van der Waals surface area contributed by atoms with E-state index in [-0.39, 0.29) is 0 Å². The van der Waals surface area contributed by atoms with Crippen molar-refractivity contribution in [2.24, 2.45) is 0 Å². The summed E-state index contributed by atoms with van der Waals surface area (Å²) in [6, 6.07) is 10.1. The van der Waals surface area contributed by atoms with Crippen molar-refractivity contribution in [2.75, 3.05) is 5.32 Å². The van der Waals surface area contributed by atoms with Gasteiger partial charge in [0.1, 0.15) is 11.8 Å². The molecule has 2 N–H and O–H groups in total. The molecule has 0 aliphatic rings. The van der Waals surface area contributed by atoms with E-state index < -0.39 is 5.60 Å². The smallest absolute Gasteiger partial charge is 0.165 e. The van der Waals surface area contributed by atoms with Crippen molar-refractivity contribution >= 4 is 17.0 Å². The first-order chi connectivity index (χ1) is 11.1. The van der Waals surface area contributed by atoms with Crippen molar-refractivity contribution in [1.82, 2.24) is 19.5 Å². The van der Waals surface area contributed by atoms with Crippen molar-refractivity contribution in [3.05, 3.63) is 48.5 Å². The van der Waals surface area contributed by atoms with Crippen LogP contribution in [0.2, 0.25) is 0 Å². The molecule has 3 rings (SSSR count). The number of rotatable bonds is 6. The molecule has 1 atom stereocenters. The zero-order valence-corrected chi connectivity index (χ0v) is 13.4.